The zero-order valence-corrected chi connectivity index (χ0v) is 7.94. The van der Waals surface area contributed by atoms with E-state index in [1.807, 2.05) is 6.92 Å². The molecule has 0 saturated carbocycles. The van der Waals surface area contributed by atoms with Gasteiger partial charge in [0.1, 0.15) is 0 Å². The van der Waals surface area contributed by atoms with Gasteiger partial charge >= 0.3 is 0 Å². The lowest BCUT2D eigenvalue weighted by Gasteiger charge is -2.29. The van der Waals surface area contributed by atoms with Crippen LogP contribution in [0, 0.1) is 0 Å². The normalized spacial score (nSPS) is 39.0. The van der Waals surface area contributed by atoms with Gasteiger partial charge in [-0.05, 0) is 19.8 Å². The van der Waals surface area contributed by atoms with Gasteiger partial charge in [-0.25, -0.2) is 0 Å². The monoisotopic (exact) mass is 198 g/mol. The largest absolute Gasteiger partial charge is 0.353 e. The average Bonchev–Trinajstić information content (AvgIpc) is 1.98. The fourth-order valence-electron chi connectivity index (χ4n) is 1.03. The molecule has 0 spiro atoms. The highest BCUT2D eigenvalue weighted by Crippen LogP contribution is 2.26. The van der Waals surface area contributed by atoms with Gasteiger partial charge in [0, 0.05) is 6.61 Å². The predicted molar refractivity (Wildman–Crippen MR) is 45.0 cm³/mol. The fourth-order valence-corrected chi connectivity index (χ4v) is 1.46. The summed E-state index contributed by atoms with van der Waals surface area (Å²) in [5, 5.41) is -0.0756. The third kappa shape index (κ3) is 2.79. The van der Waals surface area contributed by atoms with Crippen LogP contribution in [-0.2, 0) is 9.47 Å². The van der Waals surface area contributed by atoms with Crippen molar-refractivity contribution in [1.29, 1.82) is 0 Å². The molecule has 0 aliphatic carbocycles. The summed E-state index contributed by atoms with van der Waals surface area (Å²) >= 11 is 11.6. The maximum Gasteiger partial charge on any atom is 0.159 e. The third-order valence-electron chi connectivity index (χ3n) is 1.60. The van der Waals surface area contributed by atoms with Crippen molar-refractivity contribution >= 4 is 23.2 Å². The van der Waals surface area contributed by atoms with E-state index in [-0.39, 0.29) is 11.7 Å². The first-order chi connectivity index (χ1) is 5.24. The van der Waals surface area contributed by atoms with E-state index in [9.17, 15) is 0 Å². The van der Waals surface area contributed by atoms with Crippen LogP contribution in [-0.4, -0.2) is 23.8 Å². The average molecular weight is 199 g/mol. The first-order valence-electron chi connectivity index (χ1n) is 3.79. The van der Waals surface area contributed by atoms with E-state index in [0.29, 0.717) is 6.61 Å². The summed E-state index contributed by atoms with van der Waals surface area (Å²) in [6.07, 6.45) is 1.54. The van der Waals surface area contributed by atoms with Gasteiger partial charge in [-0.15, -0.1) is 11.6 Å². The van der Waals surface area contributed by atoms with Gasteiger partial charge in [-0.3, -0.25) is 0 Å². The van der Waals surface area contributed by atoms with Crippen LogP contribution < -0.4 is 0 Å². The van der Waals surface area contributed by atoms with Crippen molar-refractivity contribution in [2.24, 2.45) is 0 Å². The van der Waals surface area contributed by atoms with Crippen molar-refractivity contribution in [3.63, 3.8) is 0 Å². The molecule has 0 N–H and O–H groups in total. The predicted octanol–water partition coefficient (Wildman–Crippen LogP) is 2.33. The van der Waals surface area contributed by atoms with Crippen molar-refractivity contribution in [3.05, 3.63) is 0 Å². The van der Waals surface area contributed by atoms with Crippen LogP contribution in [0.15, 0.2) is 0 Å². The van der Waals surface area contributed by atoms with Gasteiger partial charge in [0.15, 0.2) is 11.9 Å². The van der Waals surface area contributed by atoms with Gasteiger partial charge < -0.3 is 9.47 Å². The lowest BCUT2D eigenvalue weighted by atomic mass is 10.2. The van der Waals surface area contributed by atoms with Crippen molar-refractivity contribution in [1.82, 2.24) is 0 Å². The number of alkyl halides is 2. The van der Waals surface area contributed by atoms with Crippen molar-refractivity contribution in [3.8, 4) is 0 Å². The molecule has 11 heavy (non-hydrogen) atoms. The van der Waals surface area contributed by atoms with Crippen LogP contribution in [0.3, 0.4) is 0 Å². The number of hydrogen-bond acceptors (Lipinski definition) is 2. The van der Waals surface area contributed by atoms with Crippen LogP contribution >= 0.6 is 23.2 Å². The molecule has 1 fully saturated rings. The Bertz CT molecular complexity index is 121. The van der Waals surface area contributed by atoms with Crippen molar-refractivity contribution in [2.75, 3.05) is 6.61 Å². The quantitative estimate of drug-likeness (QED) is 0.635. The van der Waals surface area contributed by atoms with Crippen LogP contribution in [0.2, 0.25) is 0 Å². The lowest BCUT2D eigenvalue weighted by molar-refractivity contribution is -0.169. The molecule has 1 heterocycles. The molecular weight excluding hydrogens is 187 g/mol. The lowest BCUT2D eigenvalue weighted by Crippen LogP contribution is -2.33. The number of halogens is 2. The maximum atomic E-state index is 5.82. The molecule has 66 valence electrons. The molecule has 4 heteroatoms. The Labute approximate surface area is 76.8 Å². The molecule has 0 amide bonds. The first-order valence-corrected chi connectivity index (χ1v) is 4.66. The molecule has 0 aromatic rings. The maximum absolute atomic E-state index is 5.82. The Morgan fingerprint density at radius 3 is 2.73 bits per heavy atom. The Morgan fingerprint density at radius 1 is 1.45 bits per heavy atom. The van der Waals surface area contributed by atoms with Crippen molar-refractivity contribution in [2.45, 2.75) is 37.0 Å². The fraction of sp³-hybridized carbons (Fsp3) is 1.00. The summed E-state index contributed by atoms with van der Waals surface area (Å²) < 4.78 is 10.5. The first kappa shape index (κ1) is 9.59. The summed E-state index contributed by atoms with van der Waals surface area (Å²) in [4.78, 5) is 0. The van der Waals surface area contributed by atoms with E-state index in [0.717, 1.165) is 12.8 Å². The summed E-state index contributed by atoms with van der Waals surface area (Å²) in [5.41, 5.74) is -0.401. The summed E-state index contributed by atoms with van der Waals surface area (Å²) in [5.74, 6) is 0. The van der Waals surface area contributed by atoms with Crippen LogP contribution in [0.4, 0.5) is 0 Å². The van der Waals surface area contributed by atoms with Gasteiger partial charge in [0.25, 0.3) is 0 Å². The van der Waals surface area contributed by atoms with Crippen LogP contribution in [0.5, 0.6) is 0 Å². The summed E-state index contributed by atoms with van der Waals surface area (Å²) in [6.45, 7) is 2.58. The number of rotatable bonds is 2. The molecular formula is C7H12Cl2O2. The highest BCUT2D eigenvalue weighted by atomic mass is 35.5. The second kappa shape index (κ2) is 4.51. The molecule has 1 saturated heterocycles. The smallest absolute Gasteiger partial charge is 0.159 e. The Morgan fingerprint density at radius 2 is 2.18 bits per heavy atom. The third-order valence-corrected chi connectivity index (χ3v) is 2.58. The van der Waals surface area contributed by atoms with E-state index >= 15 is 0 Å². The summed E-state index contributed by atoms with van der Waals surface area (Å²) in [6, 6.07) is 0. The second-order valence-corrected chi connectivity index (χ2v) is 3.46. The highest BCUT2D eigenvalue weighted by molar-refractivity contribution is 6.29. The van der Waals surface area contributed by atoms with Crippen molar-refractivity contribution < 1.29 is 9.47 Å². The van der Waals surface area contributed by atoms with E-state index in [4.69, 9.17) is 32.7 Å². The molecule has 0 bridgehead atoms. The minimum absolute atomic E-state index is 0.0756. The standard InChI is InChI=1S/C7H12Cl2O2/c1-2-10-6-4-3-5(8)7(9)11-6/h5-7H,2-4H2,1H3. The van der Waals surface area contributed by atoms with Gasteiger partial charge in [0.05, 0.1) is 5.38 Å². The SMILES string of the molecule is CCOC1CCC(Cl)C(Cl)O1. The molecule has 3 unspecified atom stereocenters. The van der Waals surface area contributed by atoms with Crippen LogP contribution in [0.25, 0.3) is 0 Å². The molecule has 3 atom stereocenters. The minimum Gasteiger partial charge on any atom is -0.353 e. The molecule has 1 rings (SSSR count). The van der Waals surface area contributed by atoms with Crippen LogP contribution in [0.1, 0.15) is 19.8 Å². The van der Waals surface area contributed by atoms with Gasteiger partial charge in [-0.2, -0.15) is 0 Å². The van der Waals surface area contributed by atoms with Gasteiger partial charge in [0.2, 0.25) is 0 Å². The van der Waals surface area contributed by atoms with E-state index in [1.165, 1.54) is 0 Å². The molecule has 2 nitrogen and oxygen atoms in total. The molecule has 0 aromatic heterocycles. The molecule has 0 radical (unpaired) electrons. The summed E-state index contributed by atoms with van der Waals surface area (Å²) in [7, 11) is 0. The highest BCUT2D eigenvalue weighted by Gasteiger charge is 2.28. The van der Waals surface area contributed by atoms with Gasteiger partial charge in [-0.1, -0.05) is 11.6 Å². The zero-order valence-electron chi connectivity index (χ0n) is 6.43. The molecule has 1 aliphatic heterocycles. The molecule has 0 aromatic carbocycles. The second-order valence-electron chi connectivity index (χ2n) is 2.47. The molecule has 1 aliphatic rings. The van der Waals surface area contributed by atoms with E-state index < -0.39 is 5.56 Å². The number of ether oxygens (including phenoxy) is 2. The Balaban J connectivity index is 2.28. The van der Waals surface area contributed by atoms with E-state index in [2.05, 4.69) is 0 Å². The van der Waals surface area contributed by atoms with E-state index in [1.54, 1.807) is 0 Å². The number of hydrogen-bond donors (Lipinski definition) is 0. The Hall–Kier alpha value is 0.500. The Kier molecular flexibility index (Phi) is 3.93. The zero-order chi connectivity index (χ0) is 8.27. The topological polar surface area (TPSA) is 18.5 Å². The minimum atomic E-state index is -0.401.